The predicted molar refractivity (Wildman–Crippen MR) is 108 cm³/mol. The van der Waals surface area contributed by atoms with Gasteiger partial charge in [-0.15, -0.1) is 11.8 Å². The van der Waals surface area contributed by atoms with E-state index in [0.717, 1.165) is 43.7 Å². The first-order valence-corrected chi connectivity index (χ1v) is 10.5. The Morgan fingerprint density at radius 2 is 1.82 bits per heavy atom. The van der Waals surface area contributed by atoms with Crippen LogP contribution in [0.3, 0.4) is 0 Å². The van der Waals surface area contributed by atoms with Crippen LogP contribution in [0.4, 0.5) is 14.9 Å². The molecule has 2 aliphatic rings. The molecule has 1 saturated heterocycles. The molecule has 2 heterocycles. The summed E-state index contributed by atoms with van der Waals surface area (Å²) in [6, 6.07) is 11.3. The molecule has 1 unspecified atom stereocenters. The van der Waals surface area contributed by atoms with Crippen LogP contribution in [-0.2, 0) is 0 Å². The van der Waals surface area contributed by atoms with E-state index in [-0.39, 0.29) is 23.8 Å². The number of carbonyl (C=O) groups is 2. The van der Waals surface area contributed by atoms with Crippen molar-refractivity contribution in [3.8, 4) is 0 Å². The fraction of sp³-hybridized carbons (Fsp3) is 0.333. The molecule has 146 valence electrons. The molecular formula is C21H22FN3O2S. The summed E-state index contributed by atoms with van der Waals surface area (Å²) in [5.74, 6) is 0.547. The minimum atomic E-state index is -0.342. The van der Waals surface area contributed by atoms with Crippen molar-refractivity contribution in [2.45, 2.75) is 30.2 Å². The predicted octanol–water partition coefficient (Wildman–Crippen LogP) is 4.42. The fourth-order valence-corrected chi connectivity index (χ4v) is 4.80. The van der Waals surface area contributed by atoms with Crippen LogP contribution in [-0.4, -0.2) is 35.7 Å². The average molecular weight is 399 g/mol. The van der Waals surface area contributed by atoms with E-state index in [9.17, 15) is 14.0 Å². The SMILES string of the molecule is O=C(Nc1ccc(C(=O)N2CCCC2)cc1)NC1CCSc2c(F)cccc21. The highest BCUT2D eigenvalue weighted by atomic mass is 32.2. The van der Waals surface area contributed by atoms with Crippen LogP contribution in [0.1, 0.15) is 41.2 Å². The number of rotatable bonds is 3. The van der Waals surface area contributed by atoms with E-state index >= 15 is 0 Å². The molecule has 0 saturated carbocycles. The topological polar surface area (TPSA) is 61.4 Å². The third-order valence-electron chi connectivity index (χ3n) is 5.11. The molecule has 0 aliphatic carbocycles. The Kier molecular flexibility index (Phi) is 5.52. The largest absolute Gasteiger partial charge is 0.339 e. The lowest BCUT2D eigenvalue weighted by molar-refractivity contribution is 0.0793. The summed E-state index contributed by atoms with van der Waals surface area (Å²) < 4.78 is 14.0. The smallest absolute Gasteiger partial charge is 0.319 e. The Labute approximate surface area is 167 Å². The number of benzene rings is 2. The number of fused-ring (bicyclic) bond motifs is 1. The van der Waals surface area contributed by atoms with E-state index in [2.05, 4.69) is 10.6 Å². The number of thioether (sulfide) groups is 1. The number of urea groups is 1. The molecule has 1 fully saturated rings. The van der Waals surface area contributed by atoms with E-state index in [1.165, 1.54) is 17.8 Å². The van der Waals surface area contributed by atoms with Gasteiger partial charge >= 0.3 is 6.03 Å². The highest BCUT2D eigenvalue weighted by Gasteiger charge is 2.24. The quantitative estimate of drug-likeness (QED) is 0.803. The van der Waals surface area contributed by atoms with E-state index in [1.54, 1.807) is 30.3 Å². The lowest BCUT2D eigenvalue weighted by Crippen LogP contribution is -2.34. The second kappa shape index (κ2) is 8.22. The first-order valence-electron chi connectivity index (χ1n) is 9.50. The van der Waals surface area contributed by atoms with Crippen LogP contribution in [0, 0.1) is 5.82 Å². The zero-order valence-corrected chi connectivity index (χ0v) is 16.2. The third kappa shape index (κ3) is 3.99. The van der Waals surface area contributed by atoms with Gasteiger partial charge in [-0.1, -0.05) is 12.1 Å². The van der Waals surface area contributed by atoms with Gasteiger partial charge in [-0.05, 0) is 55.2 Å². The molecule has 4 rings (SSSR count). The van der Waals surface area contributed by atoms with Crippen molar-refractivity contribution < 1.29 is 14.0 Å². The normalized spacial score (nSPS) is 18.5. The van der Waals surface area contributed by atoms with Crippen molar-refractivity contribution in [3.05, 3.63) is 59.4 Å². The number of nitrogens with one attached hydrogen (secondary N) is 2. The van der Waals surface area contributed by atoms with Crippen molar-refractivity contribution in [1.29, 1.82) is 0 Å². The number of likely N-dealkylation sites (tertiary alicyclic amines) is 1. The molecule has 7 heteroatoms. The van der Waals surface area contributed by atoms with Gasteiger partial charge in [0, 0.05) is 35.0 Å². The van der Waals surface area contributed by atoms with Crippen molar-refractivity contribution in [2.24, 2.45) is 0 Å². The molecule has 0 radical (unpaired) electrons. The zero-order valence-electron chi connectivity index (χ0n) is 15.4. The molecule has 2 N–H and O–H groups in total. The summed E-state index contributed by atoms with van der Waals surface area (Å²) >= 11 is 1.48. The Morgan fingerprint density at radius 1 is 1.07 bits per heavy atom. The summed E-state index contributed by atoms with van der Waals surface area (Å²) in [4.78, 5) is 27.3. The summed E-state index contributed by atoms with van der Waals surface area (Å²) in [5.41, 5.74) is 2.06. The van der Waals surface area contributed by atoms with Gasteiger partial charge < -0.3 is 15.5 Å². The van der Waals surface area contributed by atoms with Crippen LogP contribution in [0.2, 0.25) is 0 Å². The molecule has 0 spiro atoms. The van der Waals surface area contributed by atoms with Crippen LogP contribution >= 0.6 is 11.8 Å². The number of halogens is 1. The van der Waals surface area contributed by atoms with Gasteiger partial charge in [0.15, 0.2) is 0 Å². The van der Waals surface area contributed by atoms with E-state index < -0.39 is 0 Å². The standard InChI is InChI=1S/C21H22FN3O2S/c22-17-5-3-4-16-18(10-13-28-19(16)17)24-21(27)23-15-8-6-14(7-9-15)20(26)25-11-1-2-12-25/h3-9,18H,1-2,10-13H2,(H2,23,24,27). The second-order valence-corrected chi connectivity index (χ2v) is 8.13. The van der Waals surface area contributed by atoms with E-state index in [4.69, 9.17) is 0 Å². The number of hydrogen-bond acceptors (Lipinski definition) is 3. The minimum Gasteiger partial charge on any atom is -0.339 e. The van der Waals surface area contributed by atoms with Crippen molar-refractivity contribution in [2.75, 3.05) is 24.2 Å². The Morgan fingerprint density at radius 3 is 2.57 bits per heavy atom. The Balaban J connectivity index is 1.38. The third-order valence-corrected chi connectivity index (χ3v) is 6.27. The molecule has 1 atom stereocenters. The van der Waals surface area contributed by atoms with Gasteiger partial charge in [0.25, 0.3) is 5.91 Å². The van der Waals surface area contributed by atoms with E-state index in [0.29, 0.717) is 16.1 Å². The maximum atomic E-state index is 14.0. The molecule has 2 aromatic rings. The van der Waals surface area contributed by atoms with Crippen LogP contribution in [0.5, 0.6) is 0 Å². The Bertz CT molecular complexity index is 882. The zero-order chi connectivity index (χ0) is 19.5. The van der Waals surface area contributed by atoms with Crippen LogP contribution in [0.25, 0.3) is 0 Å². The summed E-state index contributed by atoms with van der Waals surface area (Å²) in [7, 11) is 0. The molecule has 0 bridgehead atoms. The van der Waals surface area contributed by atoms with Crippen molar-refractivity contribution in [3.63, 3.8) is 0 Å². The number of hydrogen-bond donors (Lipinski definition) is 2. The van der Waals surface area contributed by atoms with E-state index in [1.807, 2.05) is 11.0 Å². The van der Waals surface area contributed by atoms with Crippen LogP contribution in [0.15, 0.2) is 47.4 Å². The highest BCUT2D eigenvalue weighted by Crippen LogP contribution is 2.37. The van der Waals surface area contributed by atoms with Gasteiger partial charge in [-0.25, -0.2) is 9.18 Å². The lowest BCUT2D eigenvalue weighted by Gasteiger charge is -2.26. The summed E-state index contributed by atoms with van der Waals surface area (Å²) in [6.07, 6.45) is 2.86. The molecule has 0 aromatic heterocycles. The maximum absolute atomic E-state index is 14.0. The molecular weight excluding hydrogens is 377 g/mol. The number of amides is 3. The lowest BCUT2D eigenvalue weighted by atomic mass is 10.0. The number of carbonyl (C=O) groups excluding carboxylic acids is 2. The minimum absolute atomic E-state index is 0.0341. The summed E-state index contributed by atoms with van der Waals surface area (Å²) in [6.45, 7) is 1.62. The van der Waals surface area contributed by atoms with Gasteiger partial charge in [0.2, 0.25) is 0 Å². The van der Waals surface area contributed by atoms with Gasteiger partial charge in [-0.2, -0.15) is 0 Å². The maximum Gasteiger partial charge on any atom is 0.319 e. The summed E-state index contributed by atoms with van der Waals surface area (Å²) in [5, 5.41) is 5.72. The Hall–Kier alpha value is -2.54. The monoisotopic (exact) mass is 399 g/mol. The second-order valence-electron chi connectivity index (χ2n) is 7.02. The van der Waals surface area contributed by atoms with Crippen molar-refractivity contribution >= 4 is 29.4 Å². The first kappa shape index (κ1) is 18.8. The first-order chi connectivity index (χ1) is 13.6. The molecule has 2 aromatic carbocycles. The van der Waals surface area contributed by atoms with Gasteiger partial charge in [-0.3, -0.25) is 4.79 Å². The number of anilines is 1. The van der Waals surface area contributed by atoms with Crippen molar-refractivity contribution in [1.82, 2.24) is 10.2 Å². The van der Waals surface area contributed by atoms with Gasteiger partial charge in [0.05, 0.1) is 6.04 Å². The molecule has 3 amide bonds. The molecule has 2 aliphatic heterocycles. The van der Waals surface area contributed by atoms with Gasteiger partial charge in [0.1, 0.15) is 5.82 Å². The van der Waals surface area contributed by atoms with Crippen LogP contribution < -0.4 is 10.6 Å². The highest BCUT2D eigenvalue weighted by molar-refractivity contribution is 7.99. The average Bonchev–Trinajstić information content (AvgIpc) is 3.24. The fourth-order valence-electron chi connectivity index (χ4n) is 3.66. The molecule has 5 nitrogen and oxygen atoms in total. The number of nitrogens with zero attached hydrogens (tertiary/aromatic N) is 1. The molecule has 28 heavy (non-hydrogen) atoms.